The van der Waals surface area contributed by atoms with Crippen molar-refractivity contribution >= 4 is 0 Å². The molecule has 0 nitrogen and oxygen atoms in total. The molecule has 29 heavy (non-hydrogen) atoms. The molecule has 0 heteroatoms. The van der Waals surface area contributed by atoms with Crippen molar-refractivity contribution in [3.05, 3.63) is 0 Å². The summed E-state index contributed by atoms with van der Waals surface area (Å²) >= 11 is 0. The summed E-state index contributed by atoms with van der Waals surface area (Å²) < 4.78 is 0. The highest BCUT2D eigenvalue weighted by molar-refractivity contribution is 4.68. The molecule has 0 saturated heterocycles. The summed E-state index contributed by atoms with van der Waals surface area (Å²) in [6.07, 6.45) is 35.1. The molecule has 0 aliphatic carbocycles. The van der Waals surface area contributed by atoms with E-state index < -0.39 is 0 Å². The van der Waals surface area contributed by atoms with Crippen LogP contribution in [0, 0.1) is 5.41 Å². The molecule has 176 valence electrons. The fourth-order valence-electron chi connectivity index (χ4n) is 4.66. The summed E-state index contributed by atoms with van der Waals surface area (Å²) in [5.41, 5.74) is 0.586. The van der Waals surface area contributed by atoms with Crippen LogP contribution in [-0.2, 0) is 0 Å². The fourth-order valence-corrected chi connectivity index (χ4v) is 4.66. The summed E-state index contributed by atoms with van der Waals surface area (Å²) in [5, 5.41) is 0. The van der Waals surface area contributed by atoms with Gasteiger partial charge < -0.3 is 0 Å². The molecule has 0 aromatic heterocycles. The van der Waals surface area contributed by atoms with Crippen molar-refractivity contribution in [3.8, 4) is 0 Å². The highest BCUT2D eigenvalue weighted by Crippen LogP contribution is 2.30. The van der Waals surface area contributed by atoms with Crippen molar-refractivity contribution in [2.75, 3.05) is 0 Å². The standard InChI is InChI=1S/C29H60/c1-5-7-9-11-12-13-14-15-16-17-18-19-20-21-22-23-24-26-28-29(3,4)27-25-10-8-6-2/h5-28H2,1-4H3. The van der Waals surface area contributed by atoms with E-state index in [0.717, 1.165) is 0 Å². The molecule has 0 atom stereocenters. The van der Waals surface area contributed by atoms with Crippen LogP contribution >= 0.6 is 0 Å². The van der Waals surface area contributed by atoms with Crippen LogP contribution in [0.3, 0.4) is 0 Å². The van der Waals surface area contributed by atoms with E-state index in [2.05, 4.69) is 27.7 Å². The van der Waals surface area contributed by atoms with E-state index in [0.29, 0.717) is 5.41 Å². The molecule has 0 rings (SSSR count). The molecule has 0 bridgehead atoms. The third-order valence-corrected chi connectivity index (χ3v) is 6.91. The molecular formula is C29H60. The summed E-state index contributed by atoms with van der Waals surface area (Å²) in [4.78, 5) is 0. The first kappa shape index (κ1) is 29.0. The zero-order chi connectivity index (χ0) is 21.5. The van der Waals surface area contributed by atoms with Gasteiger partial charge in [-0.25, -0.2) is 0 Å². The van der Waals surface area contributed by atoms with Gasteiger partial charge in [0.1, 0.15) is 0 Å². The summed E-state index contributed by atoms with van der Waals surface area (Å²) in [7, 11) is 0. The van der Waals surface area contributed by atoms with E-state index in [9.17, 15) is 0 Å². The van der Waals surface area contributed by atoms with E-state index in [4.69, 9.17) is 0 Å². The van der Waals surface area contributed by atoms with Gasteiger partial charge in [0, 0.05) is 0 Å². The first-order chi connectivity index (χ1) is 14.1. The Balaban J connectivity index is 3.18. The predicted molar refractivity (Wildman–Crippen MR) is 136 cm³/mol. The highest BCUT2D eigenvalue weighted by atomic mass is 14.2. The number of rotatable bonds is 24. The van der Waals surface area contributed by atoms with Crippen LogP contribution < -0.4 is 0 Å². The van der Waals surface area contributed by atoms with Gasteiger partial charge in [-0.05, 0) is 18.3 Å². The minimum atomic E-state index is 0.586. The second-order valence-electron chi connectivity index (χ2n) is 10.7. The monoisotopic (exact) mass is 408 g/mol. The van der Waals surface area contributed by atoms with E-state index >= 15 is 0 Å². The first-order valence-electron chi connectivity index (χ1n) is 14.1. The molecule has 0 aromatic carbocycles. The van der Waals surface area contributed by atoms with Crippen LogP contribution in [0.5, 0.6) is 0 Å². The molecule has 0 radical (unpaired) electrons. The summed E-state index contributed by atoms with van der Waals surface area (Å²) in [5.74, 6) is 0. The molecule has 0 aromatic rings. The SMILES string of the molecule is CCCCCCCCCCCCCCCCCCCCC(C)(C)CCCCCC. The molecule has 0 heterocycles. The Hall–Kier alpha value is 0. The average molecular weight is 409 g/mol. The Morgan fingerprint density at radius 2 is 0.517 bits per heavy atom. The lowest BCUT2D eigenvalue weighted by molar-refractivity contribution is 0.282. The molecule has 0 aliphatic rings. The molecule has 0 N–H and O–H groups in total. The van der Waals surface area contributed by atoms with Gasteiger partial charge in [-0.2, -0.15) is 0 Å². The Morgan fingerprint density at radius 1 is 0.310 bits per heavy atom. The van der Waals surface area contributed by atoms with Crippen LogP contribution in [0.1, 0.15) is 182 Å². The highest BCUT2D eigenvalue weighted by Gasteiger charge is 2.16. The van der Waals surface area contributed by atoms with E-state index in [1.165, 1.54) is 154 Å². The van der Waals surface area contributed by atoms with Crippen molar-refractivity contribution in [3.63, 3.8) is 0 Å². The first-order valence-corrected chi connectivity index (χ1v) is 14.1. The Labute approximate surface area is 187 Å². The lowest BCUT2D eigenvalue weighted by Crippen LogP contribution is -2.11. The van der Waals surface area contributed by atoms with Gasteiger partial charge in [0.25, 0.3) is 0 Å². The zero-order valence-corrected chi connectivity index (χ0v) is 21.5. The van der Waals surface area contributed by atoms with Crippen molar-refractivity contribution < 1.29 is 0 Å². The lowest BCUT2D eigenvalue weighted by atomic mass is 9.82. The third-order valence-electron chi connectivity index (χ3n) is 6.91. The number of hydrogen-bond acceptors (Lipinski definition) is 0. The topological polar surface area (TPSA) is 0 Å². The van der Waals surface area contributed by atoms with Gasteiger partial charge in [-0.3, -0.25) is 0 Å². The fraction of sp³-hybridized carbons (Fsp3) is 1.00. The normalized spacial score (nSPS) is 12.0. The van der Waals surface area contributed by atoms with Crippen LogP contribution in [0.25, 0.3) is 0 Å². The Kier molecular flexibility index (Phi) is 22.7. The predicted octanol–water partition coefficient (Wildman–Crippen LogP) is 11.4. The van der Waals surface area contributed by atoms with E-state index in [1.807, 2.05) is 0 Å². The van der Waals surface area contributed by atoms with Gasteiger partial charge in [0.2, 0.25) is 0 Å². The zero-order valence-electron chi connectivity index (χ0n) is 21.5. The lowest BCUT2D eigenvalue weighted by Gasteiger charge is -2.24. The van der Waals surface area contributed by atoms with Crippen molar-refractivity contribution in [2.24, 2.45) is 5.41 Å². The third kappa shape index (κ3) is 24.1. The summed E-state index contributed by atoms with van der Waals surface area (Å²) in [6, 6.07) is 0. The molecule has 0 saturated carbocycles. The molecule has 0 amide bonds. The minimum Gasteiger partial charge on any atom is -0.0654 e. The van der Waals surface area contributed by atoms with Gasteiger partial charge in [-0.15, -0.1) is 0 Å². The maximum atomic E-state index is 2.49. The van der Waals surface area contributed by atoms with Gasteiger partial charge in [0.15, 0.2) is 0 Å². The van der Waals surface area contributed by atoms with E-state index in [1.54, 1.807) is 0 Å². The molecular weight excluding hydrogens is 348 g/mol. The minimum absolute atomic E-state index is 0.586. The second-order valence-corrected chi connectivity index (χ2v) is 10.7. The maximum Gasteiger partial charge on any atom is -0.0354 e. The van der Waals surface area contributed by atoms with Gasteiger partial charge in [-0.1, -0.05) is 169 Å². The van der Waals surface area contributed by atoms with Crippen LogP contribution in [0.15, 0.2) is 0 Å². The average Bonchev–Trinajstić information content (AvgIpc) is 2.70. The van der Waals surface area contributed by atoms with Crippen LogP contribution in [0.2, 0.25) is 0 Å². The Bertz CT molecular complexity index is 290. The van der Waals surface area contributed by atoms with Crippen molar-refractivity contribution in [1.82, 2.24) is 0 Å². The van der Waals surface area contributed by atoms with E-state index in [-0.39, 0.29) is 0 Å². The maximum absolute atomic E-state index is 2.49. The molecule has 0 unspecified atom stereocenters. The van der Waals surface area contributed by atoms with Gasteiger partial charge in [0.05, 0.1) is 0 Å². The second kappa shape index (κ2) is 22.7. The largest absolute Gasteiger partial charge is 0.0654 e. The van der Waals surface area contributed by atoms with Crippen LogP contribution in [0.4, 0.5) is 0 Å². The molecule has 0 spiro atoms. The Morgan fingerprint density at radius 3 is 0.793 bits per heavy atom. The van der Waals surface area contributed by atoms with Crippen LogP contribution in [-0.4, -0.2) is 0 Å². The summed E-state index contributed by atoms with van der Waals surface area (Å²) in [6.45, 7) is 9.60. The van der Waals surface area contributed by atoms with Crippen molar-refractivity contribution in [1.29, 1.82) is 0 Å². The molecule has 0 aliphatic heterocycles. The van der Waals surface area contributed by atoms with Crippen molar-refractivity contribution in [2.45, 2.75) is 182 Å². The van der Waals surface area contributed by atoms with Gasteiger partial charge >= 0.3 is 0 Å². The molecule has 0 fully saturated rings. The quantitative estimate of drug-likeness (QED) is 0.139. The number of unbranched alkanes of at least 4 members (excludes halogenated alkanes) is 20. The smallest absolute Gasteiger partial charge is 0.0354 e. The number of hydrogen-bond donors (Lipinski definition) is 0.